The van der Waals surface area contributed by atoms with E-state index in [9.17, 15) is 4.79 Å². The average molecular weight is 168 g/mol. The lowest BCUT2D eigenvalue weighted by Gasteiger charge is -2.04. The summed E-state index contributed by atoms with van der Waals surface area (Å²) in [7, 11) is 0. The summed E-state index contributed by atoms with van der Waals surface area (Å²) in [6.07, 6.45) is 8.90. The summed E-state index contributed by atoms with van der Waals surface area (Å²) in [5, 5.41) is 8.68. The maximum atomic E-state index is 10.5. The van der Waals surface area contributed by atoms with Crippen molar-refractivity contribution in [2.24, 2.45) is 5.92 Å². The minimum Gasteiger partial charge on any atom is -0.481 e. The lowest BCUT2D eigenvalue weighted by molar-refractivity contribution is -0.141. The summed E-state index contributed by atoms with van der Waals surface area (Å²) in [6.45, 7) is 3.82. The molecule has 0 rings (SSSR count). The van der Waals surface area contributed by atoms with Gasteiger partial charge in [0, 0.05) is 0 Å². The Bertz CT molecular complexity index is 180. The van der Waals surface area contributed by atoms with Gasteiger partial charge in [0.1, 0.15) is 0 Å². The van der Waals surface area contributed by atoms with E-state index in [1.807, 2.05) is 38.2 Å². The molecule has 0 heterocycles. The fraction of sp³-hybridized carbons (Fsp3) is 0.500. The second-order valence-corrected chi connectivity index (χ2v) is 2.63. The highest BCUT2D eigenvalue weighted by atomic mass is 16.4. The first kappa shape index (κ1) is 11.0. The van der Waals surface area contributed by atoms with Gasteiger partial charge in [-0.1, -0.05) is 31.2 Å². The zero-order valence-corrected chi connectivity index (χ0v) is 7.66. The molecule has 0 aromatic rings. The van der Waals surface area contributed by atoms with E-state index in [4.69, 9.17) is 5.11 Å². The van der Waals surface area contributed by atoms with Crippen molar-refractivity contribution in [3.05, 3.63) is 24.3 Å². The van der Waals surface area contributed by atoms with E-state index in [0.717, 1.165) is 0 Å². The van der Waals surface area contributed by atoms with E-state index in [1.165, 1.54) is 0 Å². The molecule has 12 heavy (non-hydrogen) atoms. The van der Waals surface area contributed by atoms with Crippen LogP contribution in [0.5, 0.6) is 0 Å². The summed E-state index contributed by atoms with van der Waals surface area (Å²) in [6, 6.07) is 0. The van der Waals surface area contributed by atoms with Gasteiger partial charge in [-0.3, -0.25) is 4.79 Å². The third kappa shape index (κ3) is 4.72. The molecular formula is C10H16O2. The Balaban J connectivity index is 3.80. The first-order chi connectivity index (χ1) is 5.72. The lowest BCUT2D eigenvalue weighted by Crippen LogP contribution is -2.10. The Kier molecular flexibility index (Phi) is 6.07. The monoisotopic (exact) mass is 168 g/mol. The van der Waals surface area contributed by atoms with Gasteiger partial charge < -0.3 is 5.11 Å². The summed E-state index contributed by atoms with van der Waals surface area (Å²) in [4.78, 5) is 10.5. The minimum absolute atomic E-state index is 0.230. The molecule has 0 aliphatic rings. The first-order valence-corrected chi connectivity index (χ1v) is 4.23. The maximum Gasteiger partial charge on any atom is 0.306 e. The van der Waals surface area contributed by atoms with E-state index in [2.05, 4.69) is 0 Å². The number of carbonyl (C=O) groups is 1. The van der Waals surface area contributed by atoms with Crippen LogP contribution in [0.1, 0.15) is 26.7 Å². The van der Waals surface area contributed by atoms with Crippen LogP contribution >= 0.6 is 0 Å². The molecule has 0 fully saturated rings. The van der Waals surface area contributed by atoms with E-state index in [1.54, 1.807) is 0 Å². The first-order valence-electron chi connectivity index (χ1n) is 4.23. The van der Waals surface area contributed by atoms with Gasteiger partial charge in [0.25, 0.3) is 0 Å². The molecule has 68 valence electrons. The molecule has 0 aliphatic heterocycles. The topological polar surface area (TPSA) is 37.3 Å². The normalized spacial score (nSPS) is 14.2. The van der Waals surface area contributed by atoms with E-state index in [0.29, 0.717) is 12.8 Å². The predicted octanol–water partition coefficient (Wildman–Crippen LogP) is 2.62. The Morgan fingerprint density at radius 3 is 2.58 bits per heavy atom. The third-order valence-electron chi connectivity index (χ3n) is 1.70. The average Bonchev–Trinajstić information content (AvgIpc) is 2.04. The van der Waals surface area contributed by atoms with E-state index < -0.39 is 5.97 Å². The van der Waals surface area contributed by atoms with Crippen LogP contribution in [0.3, 0.4) is 0 Å². The highest BCUT2D eigenvalue weighted by molar-refractivity contribution is 5.70. The van der Waals surface area contributed by atoms with Gasteiger partial charge >= 0.3 is 5.97 Å². The molecule has 0 aromatic heterocycles. The number of allylic oxidation sites excluding steroid dienone is 4. The van der Waals surface area contributed by atoms with Crippen LogP contribution in [-0.4, -0.2) is 11.1 Å². The number of hydrogen-bond donors (Lipinski definition) is 1. The molecule has 0 spiro atoms. The molecule has 0 aromatic carbocycles. The van der Waals surface area contributed by atoms with Crippen molar-refractivity contribution in [1.29, 1.82) is 0 Å². The summed E-state index contributed by atoms with van der Waals surface area (Å²) in [5.41, 5.74) is 0. The van der Waals surface area contributed by atoms with E-state index in [-0.39, 0.29) is 5.92 Å². The molecule has 0 amide bonds. The second kappa shape index (κ2) is 6.65. The Labute approximate surface area is 73.6 Å². The summed E-state index contributed by atoms with van der Waals surface area (Å²) < 4.78 is 0. The molecule has 2 heteroatoms. The smallest absolute Gasteiger partial charge is 0.306 e. The molecule has 0 radical (unpaired) electrons. The van der Waals surface area contributed by atoms with Crippen molar-refractivity contribution in [1.82, 2.24) is 0 Å². The molecule has 1 atom stereocenters. The molecule has 1 N–H and O–H groups in total. The van der Waals surface area contributed by atoms with Gasteiger partial charge in [0.05, 0.1) is 5.92 Å². The number of hydrogen-bond acceptors (Lipinski definition) is 1. The van der Waals surface area contributed by atoms with Crippen LogP contribution < -0.4 is 0 Å². The van der Waals surface area contributed by atoms with Crippen molar-refractivity contribution in [2.45, 2.75) is 26.7 Å². The quantitative estimate of drug-likeness (QED) is 0.641. The zero-order valence-electron chi connectivity index (χ0n) is 7.66. The fourth-order valence-corrected chi connectivity index (χ4v) is 0.875. The zero-order chi connectivity index (χ0) is 9.40. The molecule has 0 bridgehead atoms. The molecule has 2 nitrogen and oxygen atoms in total. The van der Waals surface area contributed by atoms with Gasteiger partial charge in [-0.25, -0.2) is 0 Å². The van der Waals surface area contributed by atoms with Crippen molar-refractivity contribution >= 4 is 5.97 Å². The van der Waals surface area contributed by atoms with Crippen LogP contribution in [0.2, 0.25) is 0 Å². The Morgan fingerprint density at radius 2 is 2.17 bits per heavy atom. The highest BCUT2D eigenvalue weighted by Gasteiger charge is 2.11. The molecule has 0 aliphatic carbocycles. The fourth-order valence-electron chi connectivity index (χ4n) is 0.875. The van der Waals surface area contributed by atoms with E-state index >= 15 is 0 Å². The second-order valence-electron chi connectivity index (χ2n) is 2.63. The Morgan fingerprint density at radius 1 is 1.50 bits per heavy atom. The van der Waals surface area contributed by atoms with Crippen LogP contribution in [-0.2, 0) is 4.79 Å². The summed E-state index contributed by atoms with van der Waals surface area (Å²) >= 11 is 0. The van der Waals surface area contributed by atoms with Crippen molar-refractivity contribution in [3.63, 3.8) is 0 Å². The van der Waals surface area contributed by atoms with Gasteiger partial charge in [0.15, 0.2) is 0 Å². The van der Waals surface area contributed by atoms with Gasteiger partial charge in [-0.2, -0.15) is 0 Å². The van der Waals surface area contributed by atoms with Crippen LogP contribution in [0, 0.1) is 5.92 Å². The van der Waals surface area contributed by atoms with Crippen molar-refractivity contribution in [3.8, 4) is 0 Å². The molecule has 0 saturated carbocycles. The molecule has 1 unspecified atom stereocenters. The van der Waals surface area contributed by atoms with Gasteiger partial charge in [-0.15, -0.1) is 0 Å². The minimum atomic E-state index is -0.706. The number of aliphatic carboxylic acids is 1. The molecular weight excluding hydrogens is 152 g/mol. The number of carboxylic acid groups (broad SMARTS) is 1. The van der Waals surface area contributed by atoms with Crippen LogP contribution in [0.15, 0.2) is 24.3 Å². The standard InChI is InChI=1S/C10H16O2/c1-3-5-6-7-8-9(4-2)10(11)12/h3,5-7,9H,4,8H2,1-2H3,(H,11,12)/b5-3+,7-6-. The van der Waals surface area contributed by atoms with Crippen LogP contribution in [0.25, 0.3) is 0 Å². The molecule has 0 saturated heterocycles. The van der Waals surface area contributed by atoms with Gasteiger partial charge in [-0.05, 0) is 19.8 Å². The Hall–Kier alpha value is -1.05. The predicted molar refractivity (Wildman–Crippen MR) is 50.0 cm³/mol. The maximum absolute atomic E-state index is 10.5. The number of rotatable bonds is 5. The van der Waals surface area contributed by atoms with Crippen LogP contribution in [0.4, 0.5) is 0 Å². The third-order valence-corrected chi connectivity index (χ3v) is 1.70. The SMILES string of the molecule is C/C=C/C=C\CC(CC)C(=O)O. The largest absolute Gasteiger partial charge is 0.481 e. The number of carboxylic acids is 1. The van der Waals surface area contributed by atoms with Gasteiger partial charge in [0.2, 0.25) is 0 Å². The summed E-state index contributed by atoms with van der Waals surface area (Å²) in [5.74, 6) is -0.936. The highest BCUT2D eigenvalue weighted by Crippen LogP contribution is 2.08. The van der Waals surface area contributed by atoms with Crippen molar-refractivity contribution in [2.75, 3.05) is 0 Å². The lowest BCUT2D eigenvalue weighted by atomic mass is 10.0. The van der Waals surface area contributed by atoms with Crippen molar-refractivity contribution < 1.29 is 9.90 Å².